The first kappa shape index (κ1) is 17.0. The molecule has 4 rings (SSSR count). The molecule has 2 aromatic rings. The number of amides is 1. The second kappa shape index (κ2) is 7.46. The monoisotopic (exact) mass is 351 g/mol. The lowest BCUT2D eigenvalue weighted by atomic mass is 10.0. The average molecular weight is 351 g/mol. The van der Waals surface area contributed by atoms with Crippen LogP contribution in [0.25, 0.3) is 5.57 Å². The molecule has 2 N–H and O–H groups in total. The summed E-state index contributed by atoms with van der Waals surface area (Å²) < 4.78 is 1.89. The Morgan fingerprint density at radius 2 is 2.12 bits per heavy atom. The van der Waals surface area contributed by atoms with Gasteiger partial charge in [-0.25, -0.2) is 0 Å². The number of carbonyl (C=O) groups excluding carboxylic acids is 1. The molecule has 3 atom stereocenters. The van der Waals surface area contributed by atoms with Gasteiger partial charge in [-0.15, -0.1) is 0 Å². The third-order valence-electron chi connectivity index (χ3n) is 5.51. The van der Waals surface area contributed by atoms with Crippen LogP contribution in [0.3, 0.4) is 0 Å². The van der Waals surface area contributed by atoms with Crippen molar-refractivity contribution in [2.24, 2.45) is 5.92 Å². The van der Waals surface area contributed by atoms with Gasteiger partial charge in [0.15, 0.2) is 0 Å². The maximum atomic E-state index is 12.5. The highest BCUT2D eigenvalue weighted by molar-refractivity contribution is 5.94. The van der Waals surface area contributed by atoms with Crippen molar-refractivity contribution in [2.45, 2.75) is 50.8 Å². The lowest BCUT2D eigenvalue weighted by molar-refractivity contribution is 0.0873. The van der Waals surface area contributed by atoms with Crippen molar-refractivity contribution in [3.05, 3.63) is 59.9 Å². The van der Waals surface area contributed by atoms with Gasteiger partial charge in [-0.1, -0.05) is 18.2 Å². The normalized spacial score (nSPS) is 25.3. The van der Waals surface area contributed by atoms with E-state index in [2.05, 4.69) is 16.5 Å². The third-order valence-corrected chi connectivity index (χ3v) is 5.51. The van der Waals surface area contributed by atoms with E-state index >= 15 is 0 Å². The number of aliphatic hydroxyl groups excluding tert-OH is 1. The number of rotatable bonds is 5. The van der Waals surface area contributed by atoms with Gasteiger partial charge in [-0.05, 0) is 67.4 Å². The molecule has 5 nitrogen and oxygen atoms in total. The van der Waals surface area contributed by atoms with Crippen LogP contribution in [0.2, 0.25) is 0 Å². The molecule has 0 saturated heterocycles. The number of benzene rings is 1. The van der Waals surface area contributed by atoms with E-state index in [9.17, 15) is 9.90 Å². The number of nitrogens with zero attached hydrogens (tertiary/aromatic N) is 2. The molecule has 136 valence electrons. The molecule has 1 fully saturated rings. The Morgan fingerprint density at radius 3 is 2.81 bits per heavy atom. The van der Waals surface area contributed by atoms with Crippen LogP contribution in [0.1, 0.15) is 48.0 Å². The number of aromatic nitrogens is 2. The van der Waals surface area contributed by atoms with Crippen molar-refractivity contribution < 1.29 is 9.90 Å². The predicted molar refractivity (Wildman–Crippen MR) is 100 cm³/mol. The molecule has 0 spiro atoms. The molecule has 0 aliphatic heterocycles. The topological polar surface area (TPSA) is 67.2 Å². The number of hydrogen-bond acceptors (Lipinski definition) is 3. The first-order valence-corrected chi connectivity index (χ1v) is 9.45. The number of nitrogens with one attached hydrogen (secondary N) is 1. The quantitative estimate of drug-likeness (QED) is 0.870. The summed E-state index contributed by atoms with van der Waals surface area (Å²) in [5.41, 5.74) is 3.24. The van der Waals surface area contributed by atoms with Crippen LogP contribution in [-0.2, 0) is 6.54 Å². The molecule has 26 heavy (non-hydrogen) atoms. The van der Waals surface area contributed by atoms with Crippen LogP contribution in [0, 0.1) is 5.92 Å². The van der Waals surface area contributed by atoms with Gasteiger partial charge in [-0.3, -0.25) is 9.48 Å². The molecule has 0 radical (unpaired) electrons. The molecular formula is C21H25N3O2. The average Bonchev–Trinajstić information content (AvgIpc) is 3.39. The smallest absolute Gasteiger partial charge is 0.251 e. The zero-order chi connectivity index (χ0) is 17.9. The Morgan fingerprint density at radius 1 is 1.27 bits per heavy atom. The minimum absolute atomic E-state index is 0.110. The van der Waals surface area contributed by atoms with E-state index in [1.165, 1.54) is 17.6 Å². The van der Waals surface area contributed by atoms with Crippen LogP contribution >= 0.6 is 0 Å². The minimum Gasteiger partial charge on any atom is -0.391 e. The molecule has 1 aromatic carbocycles. The Hall–Kier alpha value is -2.40. The van der Waals surface area contributed by atoms with Crippen molar-refractivity contribution in [1.82, 2.24) is 15.1 Å². The highest BCUT2D eigenvalue weighted by Crippen LogP contribution is 2.29. The van der Waals surface area contributed by atoms with Crippen LogP contribution in [-0.4, -0.2) is 32.9 Å². The largest absolute Gasteiger partial charge is 0.391 e. The number of carbonyl (C=O) groups is 1. The first-order chi connectivity index (χ1) is 12.7. The van der Waals surface area contributed by atoms with Crippen molar-refractivity contribution >= 4 is 11.5 Å². The van der Waals surface area contributed by atoms with E-state index in [1.807, 2.05) is 41.2 Å². The summed E-state index contributed by atoms with van der Waals surface area (Å²) in [4.78, 5) is 12.5. The van der Waals surface area contributed by atoms with Gasteiger partial charge >= 0.3 is 0 Å². The van der Waals surface area contributed by atoms with Crippen LogP contribution in [0.5, 0.6) is 0 Å². The molecule has 5 heteroatoms. The Labute approximate surface area is 153 Å². The van der Waals surface area contributed by atoms with Gasteiger partial charge in [-0.2, -0.15) is 5.10 Å². The molecule has 1 unspecified atom stereocenters. The molecule has 1 heterocycles. The summed E-state index contributed by atoms with van der Waals surface area (Å²) in [6, 6.07) is 9.52. The fraction of sp³-hybridized carbons (Fsp3) is 0.429. The van der Waals surface area contributed by atoms with Crippen molar-refractivity contribution in [2.75, 3.05) is 0 Å². The van der Waals surface area contributed by atoms with E-state index in [1.54, 1.807) is 6.20 Å². The SMILES string of the molecule is O=C(N[C@@H]1CC(Cn2cccn2)C[C@H]1O)c1ccc(C2=CCCC2)cc1. The molecule has 2 aliphatic carbocycles. The zero-order valence-corrected chi connectivity index (χ0v) is 14.8. The first-order valence-electron chi connectivity index (χ1n) is 9.45. The van der Waals surface area contributed by atoms with Gasteiger partial charge < -0.3 is 10.4 Å². The summed E-state index contributed by atoms with van der Waals surface area (Å²) in [6.07, 6.45) is 10.4. The molecular weight excluding hydrogens is 326 g/mol. The zero-order valence-electron chi connectivity index (χ0n) is 14.8. The Kier molecular flexibility index (Phi) is 4.89. The summed E-state index contributed by atoms with van der Waals surface area (Å²) in [7, 11) is 0. The van der Waals surface area contributed by atoms with Gasteiger partial charge in [0, 0.05) is 24.5 Å². The number of aliphatic hydroxyl groups is 1. The van der Waals surface area contributed by atoms with Crippen molar-refractivity contribution in [1.29, 1.82) is 0 Å². The van der Waals surface area contributed by atoms with Crippen LogP contribution < -0.4 is 5.32 Å². The maximum Gasteiger partial charge on any atom is 0.251 e. The van der Waals surface area contributed by atoms with Crippen molar-refractivity contribution in [3.63, 3.8) is 0 Å². The van der Waals surface area contributed by atoms with Gasteiger partial charge in [0.2, 0.25) is 0 Å². The molecule has 0 bridgehead atoms. The van der Waals surface area contributed by atoms with Crippen LogP contribution in [0.4, 0.5) is 0 Å². The standard InChI is InChI=1S/C21H25N3O2/c25-20-13-15(14-24-11-3-10-22-24)12-19(20)23-21(26)18-8-6-17(7-9-18)16-4-1-2-5-16/h3-4,6-11,15,19-20,25H,1-2,5,12-14H2,(H,23,26)/t15?,19-,20-/m1/s1. The lowest BCUT2D eigenvalue weighted by Gasteiger charge is -2.16. The molecule has 1 saturated carbocycles. The molecule has 1 aromatic heterocycles. The van der Waals surface area contributed by atoms with E-state index in [4.69, 9.17) is 0 Å². The molecule has 1 amide bonds. The fourth-order valence-corrected chi connectivity index (χ4v) is 4.12. The van der Waals surface area contributed by atoms with E-state index in [0.717, 1.165) is 25.8 Å². The Bertz CT molecular complexity index is 780. The highest BCUT2D eigenvalue weighted by Gasteiger charge is 2.34. The van der Waals surface area contributed by atoms with Gasteiger partial charge in [0.1, 0.15) is 0 Å². The maximum absolute atomic E-state index is 12.5. The molecule has 2 aliphatic rings. The van der Waals surface area contributed by atoms with E-state index < -0.39 is 6.10 Å². The van der Waals surface area contributed by atoms with Gasteiger partial charge in [0.05, 0.1) is 12.1 Å². The summed E-state index contributed by atoms with van der Waals surface area (Å²) in [5, 5.41) is 17.6. The number of hydrogen-bond donors (Lipinski definition) is 2. The fourth-order valence-electron chi connectivity index (χ4n) is 4.12. The van der Waals surface area contributed by atoms with E-state index in [-0.39, 0.29) is 11.9 Å². The second-order valence-corrected chi connectivity index (χ2v) is 7.41. The minimum atomic E-state index is -0.498. The van der Waals surface area contributed by atoms with Crippen molar-refractivity contribution in [3.8, 4) is 0 Å². The third kappa shape index (κ3) is 3.73. The van der Waals surface area contributed by atoms with E-state index in [0.29, 0.717) is 17.9 Å². The van der Waals surface area contributed by atoms with Gasteiger partial charge in [0.25, 0.3) is 5.91 Å². The van der Waals surface area contributed by atoms with Crippen LogP contribution in [0.15, 0.2) is 48.8 Å². The summed E-state index contributed by atoms with van der Waals surface area (Å²) in [5.74, 6) is 0.215. The predicted octanol–water partition coefficient (Wildman–Crippen LogP) is 3.02. The lowest BCUT2D eigenvalue weighted by Crippen LogP contribution is -2.39. The number of allylic oxidation sites excluding steroid dienone is 2. The summed E-state index contributed by atoms with van der Waals surface area (Å²) in [6.45, 7) is 0.778. The highest BCUT2D eigenvalue weighted by atomic mass is 16.3. The summed E-state index contributed by atoms with van der Waals surface area (Å²) >= 11 is 0. The second-order valence-electron chi connectivity index (χ2n) is 7.41. The Balaban J connectivity index is 1.35.